The van der Waals surface area contributed by atoms with E-state index in [1.807, 2.05) is 0 Å². The molecule has 0 radical (unpaired) electrons. The molecule has 0 atom stereocenters. The van der Waals surface area contributed by atoms with Crippen LogP contribution in [0.3, 0.4) is 0 Å². The topological polar surface area (TPSA) is 40.5 Å². The quantitative estimate of drug-likeness (QED) is 0.348. The van der Waals surface area contributed by atoms with Gasteiger partial charge in [-0.05, 0) is 77.0 Å². The molecule has 0 aliphatic rings. The molecular weight excluding hydrogens is 296 g/mol. The molecule has 0 aliphatic carbocycles. The highest BCUT2D eigenvalue weighted by molar-refractivity contribution is 5.47. The van der Waals surface area contributed by atoms with Crippen molar-refractivity contribution < 1.29 is 10.2 Å². The normalized spacial score (nSPS) is 11.2. The van der Waals surface area contributed by atoms with Crippen molar-refractivity contribution in [1.29, 1.82) is 0 Å². The van der Waals surface area contributed by atoms with Gasteiger partial charge in [0.1, 0.15) is 11.5 Å². The van der Waals surface area contributed by atoms with Crippen molar-refractivity contribution in [1.82, 2.24) is 0 Å². The summed E-state index contributed by atoms with van der Waals surface area (Å²) in [6.07, 6.45) is 15.6. The predicted octanol–water partition coefficient (Wildman–Crippen LogP) is 5.68. The summed E-state index contributed by atoms with van der Waals surface area (Å²) in [5.41, 5.74) is 4.15. The second kappa shape index (κ2) is 10.6. The summed E-state index contributed by atoms with van der Waals surface area (Å²) in [5, 5.41) is 20.4. The van der Waals surface area contributed by atoms with E-state index in [0.29, 0.717) is 12.0 Å². The minimum Gasteiger partial charge on any atom is -0.508 e. The number of allylic oxidation sites excluding steroid dienone is 4. The van der Waals surface area contributed by atoms with Crippen molar-refractivity contribution in [3.05, 3.63) is 46.6 Å². The molecular formula is C22H30O2. The van der Waals surface area contributed by atoms with E-state index >= 15 is 0 Å². The van der Waals surface area contributed by atoms with Crippen LogP contribution in [0.15, 0.2) is 35.4 Å². The van der Waals surface area contributed by atoms with Gasteiger partial charge in [0.25, 0.3) is 0 Å². The molecule has 2 N–H and O–H groups in total. The van der Waals surface area contributed by atoms with Crippen LogP contribution in [-0.4, -0.2) is 10.2 Å². The number of rotatable bonds is 9. The number of aromatic hydroxyl groups is 2. The number of terminal acetylenes is 1. The van der Waals surface area contributed by atoms with E-state index in [-0.39, 0.29) is 11.5 Å². The standard InChI is InChI=1S/C22H30O2/c1-5-6-7-8-12-19-15-21(23)20(22(24)16-19)14-13-18(4)11-9-10-17(2)3/h1,10,13,15-16,23-24H,6-9,11-12,14H2,2-4H3. The average molecular weight is 326 g/mol. The molecule has 0 bridgehead atoms. The van der Waals surface area contributed by atoms with Crippen LogP contribution in [0.1, 0.15) is 64.0 Å². The van der Waals surface area contributed by atoms with Crippen LogP contribution in [-0.2, 0) is 12.8 Å². The highest BCUT2D eigenvalue weighted by Gasteiger charge is 2.09. The van der Waals surface area contributed by atoms with E-state index in [0.717, 1.165) is 44.1 Å². The van der Waals surface area contributed by atoms with E-state index in [1.54, 1.807) is 12.1 Å². The molecule has 0 saturated carbocycles. The fourth-order valence-corrected chi connectivity index (χ4v) is 2.57. The number of hydrogen-bond acceptors (Lipinski definition) is 2. The molecule has 0 heterocycles. The Balaban J connectivity index is 2.65. The van der Waals surface area contributed by atoms with E-state index in [4.69, 9.17) is 6.42 Å². The van der Waals surface area contributed by atoms with Crippen molar-refractivity contribution in [2.75, 3.05) is 0 Å². The van der Waals surface area contributed by atoms with Crippen LogP contribution in [0.4, 0.5) is 0 Å². The summed E-state index contributed by atoms with van der Waals surface area (Å²) in [6.45, 7) is 6.29. The van der Waals surface area contributed by atoms with E-state index in [1.165, 1.54) is 11.1 Å². The van der Waals surface area contributed by atoms with E-state index in [9.17, 15) is 10.2 Å². The molecule has 0 amide bonds. The largest absolute Gasteiger partial charge is 0.508 e. The van der Waals surface area contributed by atoms with Crippen LogP contribution in [0.5, 0.6) is 11.5 Å². The highest BCUT2D eigenvalue weighted by atomic mass is 16.3. The fourth-order valence-electron chi connectivity index (χ4n) is 2.57. The Morgan fingerprint density at radius 3 is 2.33 bits per heavy atom. The van der Waals surface area contributed by atoms with Crippen molar-refractivity contribution in [3.63, 3.8) is 0 Å². The maximum Gasteiger partial charge on any atom is 0.123 e. The minimum atomic E-state index is 0.176. The molecule has 2 nitrogen and oxygen atoms in total. The molecule has 0 aliphatic heterocycles. The van der Waals surface area contributed by atoms with Gasteiger partial charge in [-0.1, -0.05) is 23.3 Å². The van der Waals surface area contributed by atoms with Gasteiger partial charge >= 0.3 is 0 Å². The molecule has 1 rings (SSSR count). The fraction of sp³-hybridized carbons (Fsp3) is 0.455. The summed E-state index contributed by atoms with van der Waals surface area (Å²) in [4.78, 5) is 0. The summed E-state index contributed by atoms with van der Waals surface area (Å²) in [5.74, 6) is 2.98. The van der Waals surface area contributed by atoms with Gasteiger partial charge in [-0.15, -0.1) is 12.3 Å². The summed E-state index contributed by atoms with van der Waals surface area (Å²) in [6, 6.07) is 3.52. The molecule has 0 aromatic heterocycles. The highest BCUT2D eigenvalue weighted by Crippen LogP contribution is 2.30. The zero-order valence-corrected chi connectivity index (χ0v) is 15.2. The molecule has 1 aromatic rings. The predicted molar refractivity (Wildman–Crippen MR) is 102 cm³/mol. The van der Waals surface area contributed by atoms with Gasteiger partial charge in [0.2, 0.25) is 0 Å². The Morgan fingerprint density at radius 2 is 1.75 bits per heavy atom. The maximum absolute atomic E-state index is 10.2. The van der Waals surface area contributed by atoms with Crippen molar-refractivity contribution >= 4 is 0 Å². The monoisotopic (exact) mass is 326 g/mol. The first-order chi connectivity index (χ1) is 11.4. The van der Waals surface area contributed by atoms with Gasteiger partial charge in [0.15, 0.2) is 0 Å². The lowest BCUT2D eigenvalue weighted by molar-refractivity contribution is 0.439. The smallest absolute Gasteiger partial charge is 0.123 e. The third kappa shape index (κ3) is 7.42. The van der Waals surface area contributed by atoms with Crippen LogP contribution < -0.4 is 0 Å². The number of hydrogen-bond donors (Lipinski definition) is 2. The Hall–Kier alpha value is -2.14. The van der Waals surface area contributed by atoms with Crippen molar-refractivity contribution in [3.8, 4) is 23.8 Å². The number of aryl methyl sites for hydroxylation is 1. The van der Waals surface area contributed by atoms with Crippen LogP contribution in [0.25, 0.3) is 0 Å². The average Bonchev–Trinajstić information content (AvgIpc) is 2.50. The van der Waals surface area contributed by atoms with Gasteiger partial charge in [-0.25, -0.2) is 0 Å². The molecule has 1 aromatic carbocycles. The van der Waals surface area contributed by atoms with Gasteiger partial charge < -0.3 is 10.2 Å². The minimum absolute atomic E-state index is 0.176. The zero-order chi connectivity index (χ0) is 17.9. The summed E-state index contributed by atoms with van der Waals surface area (Å²) < 4.78 is 0. The Kier molecular flexibility index (Phi) is 8.79. The van der Waals surface area contributed by atoms with Crippen LogP contribution in [0, 0.1) is 12.3 Å². The lowest BCUT2D eigenvalue weighted by Gasteiger charge is -2.09. The lowest BCUT2D eigenvalue weighted by atomic mass is 10.0. The lowest BCUT2D eigenvalue weighted by Crippen LogP contribution is -1.91. The third-order valence-electron chi connectivity index (χ3n) is 4.05. The molecule has 0 saturated heterocycles. The van der Waals surface area contributed by atoms with Gasteiger partial charge in [-0.2, -0.15) is 0 Å². The first-order valence-electron chi connectivity index (χ1n) is 8.70. The van der Waals surface area contributed by atoms with Crippen LogP contribution in [0.2, 0.25) is 0 Å². The third-order valence-corrected chi connectivity index (χ3v) is 4.05. The first-order valence-corrected chi connectivity index (χ1v) is 8.70. The second-order valence-corrected chi connectivity index (χ2v) is 6.60. The Labute approximate surface area is 146 Å². The molecule has 0 unspecified atom stereocenters. The maximum atomic E-state index is 10.2. The second-order valence-electron chi connectivity index (χ2n) is 6.60. The zero-order valence-electron chi connectivity index (χ0n) is 15.2. The SMILES string of the molecule is C#CCCCCc1cc(O)c(CC=C(C)CCC=C(C)C)c(O)c1. The van der Waals surface area contributed by atoms with Gasteiger partial charge in [0, 0.05) is 12.0 Å². The van der Waals surface area contributed by atoms with E-state index in [2.05, 4.69) is 38.8 Å². The Bertz CT molecular complexity index is 603. The van der Waals surface area contributed by atoms with Crippen LogP contribution >= 0.6 is 0 Å². The number of phenolic OH excluding ortho intramolecular Hbond substituents is 2. The molecule has 24 heavy (non-hydrogen) atoms. The number of phenols is 2. The number of benzene rings is 1. The first kappa shape index (κ1) is 19.9. The molecule has 0 spiro atoms. The Morgan fingerprint density at radius 1 is 1.08 bits per heavy atom. The molecule has 2 heteroatoms. The van der Waals surface area contributed by atoms with Crippen molar-refractivity contribution in [2.24, 2.45) is 0 Å². The molecule has 0 fully saturated rings. The van der Waals surface area contributed by atoms with Crippen molar-refractivity contribution in [2.45, 2.75) is 65.7 Å². The number of unbranched alkanes of at least 4 members (excludes halogenated alkanes) is 2. The van der Waals surface area contributed by atoms with Gasteiger partial charge in [-0.3, -0.25) is 0 Å². The summed E-state index contributed by atoms with van der Waals surface area (Å²) >= 11 is 0. The summed E-state index contributed by atoms with van der Waals surface area (Å²) in [7, 11) is 0. The molecule has 130 valence electrons. The van der Waals surface area contributed by atoms with Gasteiger partial charge in [0.05, 0.1) is 0 Å². The van der Waals surface area contributed by atoms with E-state index < -0.39 is 0 Å².